The standard InChI is InChI=1S/C77H150O17P2/c1-6-9-12-15-18-20-22-24-26-28-30-32-34-36-38-42-47-52-57-62-76(81)94-73(67-88-75(80)61-56-51-46-41-37-35-33-31-29-27-25-23-21-19-16-13-10-7-2)69-92-96(85,86)90-65-71(78)64-89-95(83,84)91-68-72(66-87-74(79)60-55-50-44-17-14-11-8-3)93-77(82)63-58-53-48-43-39-40-45-49-54-59-70(4)5/h70-73,78H,6-69H2,1-5H3,(H,83,84)(H,85,86)/t71-,72+,73+/m0/s1. The zero-order chi connectivity index (χ0) is 70.5. The van der Waals surface area contributed by atoms with E-state index in [0.717, 1.165) is 109 Å². The lowest BCUT2D eigenvalue weighted by Crippen LogP contribution is -2.30. The molecule has 0 saturated carbocycles. The van der Waals surface area contributed by atoms with E-state index in [4.69, 9.17) is 37.0 Å². The molecule has 0 radical (unpaired) electrons. The Labute approximate surface area is 588 Å². The van der Waals surface area contributed by atoms with Gasteiger partial charge in [-0.05, 0) is 31.6 Å². The largest absolute Gasteiger partial charge is 0.472 e. The first-order valence-corrected chi connectivity index (χ1v) is 43.1. The number of rotatable bonds is 77. The number of hydrogen-bond donors (Lipinski definition) is 3. The molecule has 0 aromatic rings. The Bertz CT molecular complexity index is 1840. The van der Waals surface area contributed by atoms with E-state index in [1.165, 1.54) is 218 Å². The molecule has 19 heteroatoms. The minimum Gasteiger partial charge on any atom is -0.462 e. The average Bonchev–Trinajstić information content (AvgIpc) is 1.38. The van der Waals surface area contributed by atoms with Crippen LogP contribution in [0.1, 0.15) is 407 Å². The normalized spacial score (nSPS) is 13.9. The number of phosphoric acid groups is 2. The highest BCUT2D eigenvalue weighted by molar-refractivity contribution is 7.47. The Morgan fingerprint density at radius 3 is 0.708 bits per heavy atom. The van der Waals surface area contributed by atoms with Gasteiger partial charge in [-0.3, -0.25) is 37.3 Å². The van der Waals surface area contributed by atoms with Gasteiger partial charge in [0, 0.05) is 25.7 Å². The lowest BCUT2D eigenvalue weighted by Gasteiger charge is -2.21. The van der Waals surface area contributed by atoms with Crippen LogP contribution in [0.4, 0.5) is 0 Å². The molecule has 0 aliphatic carbocycles. The highest BCUT2D eigenvalue weighted by Gasteiger charge is 2.30. The summed E-state index contributed by atoms with van der Waals surface area (Å²) in [5.74, 6) is -1.38. The summed E-state index contributed by atoms with van der Waals surface area (Å²) < 4.78 is 68.4. The van der Waals surface area contributed by atoms with E-state index >= 15 is 0 Å². The van der Waals surface area contributed by atoms with Crippen LogP contribution in [0.15, 0.2) is 0 Å². The summed E-state index contributed by atoms with van der Waals surface area (Å²) >= 11 is 0. The van der Waals surface area contributed by atoms with Gasteiger partial charge >= 0.3 is 39.5 Å². The minimum absolute atomic E-state index is 0.105. The van der Waals surface area contributed by atoms with Crippen LogP contribution in [0.2, 0.25) is 0 Å². The smallest absolute Gasteiger partial charge is 0.462 e. The van der Waals surface area contributed by atoms with Crippen molar-refractivity contribution in [2.24, 2.45) is 5.92 Å². The lowest BCUT2D eigenvalue weighted by atomic mass is 10.0. The molecule has 0 saturated heterocycles. The number of ether oxygens (including phenoxy) is 4. The number of esters is 4. The van der Waals surface area contributed by atoms with Crippen molar-refractivity contribution in [1.82, 2.24) is 0 Å². The highest BCUT2D eigenvalue weighted by Crippen LogP contribution is 2.45. The Balaban J connectivity index is 5.18. The van der Waals surface area contributed by atoms with Crippen LogP contribution < -0.4 is 0 Å². The van der Waals surface area contributed by atoms with Gasteiger partial charge in [0.15, 0.2) is 12.2 Å². The summed E-state index contributed by atoms with van der Waals surface area (Å²) in [6.45, 7) is 7.23. The van der Waals surface area contributed by atoms with E-state index in [-0.39, 0.29) is 25.7 Å². The van der Waals surface area contributed by atoms with Crippen LogP contribution >= 0.6 is 15.6 Å². The van der Waals surface area contributed by atoms with Crippen molar-refractivity contribution in [3.05, 3.63) is 0 Å². The molecule has 0 spiro atoms. The molecule has 0 rings (SSSR count). The summed E-state index contributed by atoms with van der Waals surface area (Å²) in [5, 5.41) is 10.6. The van der Waals surface area contributed by atoms with Crippen LogP contribution in [0.5, 0.6) is 0 Å². The summed E-state index contributed by atoms with van der Waals surface area (Å²) in [6.07, 6.45) is 59.9. The summed E-state index contributed by atoms with van der Waals surface area (Å²) in [7, 11) is -9.91. The topological polar surface area (TPSA) is 237 Å². The summed E-state index contributed by atoms with van der Waals surface area (Å²) in [6, 6.07) is 0. The average molecular weight is 1410 g/mol. The van der Waals surface area contributed by atoms with Crippen molar-refractivity contribution in [2.45, 2.75) is 425 Å². The van der Waals surface area contributed by atoms with Gasteiger partial charge in [-0.2, -0.15) is 0 Å². The first-order chi connectivity index (χ1) is 46.5. The van der Waals surface area contributed by atoms with Crippen molar-refractivity contribution >= 4 is 39.5 Å². The fraction of sp³-hybridized carbons (Fsp3) is 0.948. The first kappa shape index (κ1) is 94.1. The van der Waals surface area contributed by atoms with E-state index in [9.17, 15) is 43.2 Å². The van der Waals surface area contributed by atoms with Crippen LogP contribution in [-0.2, 0) is 65.4 Å². The fourth-order valence-electron chi connectivity index (χ4n) is 11.9. The van der Waals surface area contributed by atoms with Crippen molar-refractivity contribution in [2.75, 3.05) is 39.6 Å². The molecule has 0 amide bonds. The minimum atomic E-state index is -4.96. The maximum atomic E-state index is 13.1. The molecular weight excluding hydrogens is 1260 g/mol. The van der Waals surface area contributed by atoms with Gasteiger partial charge in [0.25, 0.3) is 0 Å². The van der Waals surface area contributed by atoms with Crippen molar-refractivity contribution < 1.29 is 80.2 Å². The molecule has 5 atom stereocenters. The fourth-order valence-corrected chi connectivity index (χ4v) is 13.5. The van der Waals surface area contributed by atoms with E-state index in [2.05, 4.69) is 34.6 Å². The number of unbranched alkanes of at least 4 members (excludes halogenated alkanes) is 49. The molecule has 570 valence electrons. The maximum Gasteiger partial charge on any atom is 0.472 e. The van der Waals surface area contributed by atoms with Gasteiger partial charge in [-0.15, -0.1) is 0 Å². The number of aliphatic hydroxyl groups excluding tert-OH is 1. The van der Waals surface area contributed by atoms with Crippen LogP contribution in [0, 0.1) is 5.92 Å². The number of carbonyl (C=O) groups excluding carboxylic acids is 4. The quantitative estimate of drug-likeness (QED) is 0.0222. The molecule has 96 heavy (non-hydrogen) atoms. The Kier molecular flexibility index (Phi) is 68.7. The van der Waals surface area contributed by atoms with Gasteiger partial charge in [0.05, 0.1) is 26.4 Å². The molecule has 0 fully saturated rings. The molecule has 0 bridgehead atoms. The van der Waals surface area contributed by atoms with E-state index in [0.29, 0.717) is 25.7 Å². The third kappa shape index (κ3) is 70.5. The maximum absolute atomic E-state index is 13.1. The van der Waals surface area contributed by atoms with Crippen molar-refractivity contribution in [3.63, 3.8) is 0 Å². The molecule has 0 aliphatic heterocycles. The van der Waals surface area contributed by atoms with E-state index in [1.807, 2.05) is 0 Å². The number of aliphatic hydroxyl groups is 1. The lowest BCUT2D eigenvalue weighted by molar-refractivity contribution is -0.161. The monoisotopic (exact) mass is 1410 g/mol. The zero-order valence-electron chi connectivity index (χ0n) is 62.5. The zero-order valence-corrected chi connectivity index (χ0v) is 64.3. The van der Waals surface area contributed by atoms with E-state index in [1.54, 1.807) is 0 Å². The predicted octanol–water partition coefficient (Wildman–Crippen LogP) is 22.9. The molecular formula is C77H150O17P2. The second-order valence-corrected chi connectivity index (χ2v) is 31.1. The molecule has 0 heterocycles. The highest BCUT2D eigenvalue weighted by atomic mass is 31.2. The second-order valence-electron chi connectivity index (χ2n) is 28.2. The molecule has 0 aliphatic rings. The molecule has 3 N–H and O–H groups in total. The van der Waals surface area contributed by atoms with Crippen LogP contribution in [0.25, 0.3) is 0 Å². The third-order valence-electron chi connectivity index (χ3n) is 18.0. The van der Waals surface area contributed by atoms with Gasteiger partial charge in [0.1, 0.15) is 19.3 Å². The SMILES string of the molecule is CCCCCCCCCCCCCCCCCCCCCC(=O)O[C@H](COC(=O)CCCCCCCCCCCCCCCCCCCC)COP(=O)(O)OC[C@@H](O)COP(=O)(O)OC[C@@H](COC(=O)CCCCCCCCC)OC(=O)CCCCCCCCCCCC(C)C. The molecule has 2 unspecified atom stereocenters. The molecule has 17 nitrogen and oxygen atoms in total. The Morgan fingerprint density at radius 1 is 0.281 bits per heavy atom. The summed E-state index contributed by atoms with van der Waals surface area (Å²) in [4.78, 5) is 72.7. The molecule has 0 aromatic carbocycles. The van der Waals surface area contributed by atoms with Gasteiger partial charge < -0.3 is 33.8 Å². The summed E-state index contributed by atoms with van der Waals surface area (Å²) in [5.41, 5.74) is 0. The number of carbonyl (C=O) groups is 4. The van der Waals surface area contributed by atoms with Gasteiger partial charge in [-0.25, -0.2) is 9.13 Å². The van der Waals surface area contributed by atoms with Gasteiger partial charge in [0.2, 0.25) is 0 Å². The van der Waals surface area contributed by atoms with Crippen molar-refractivity contribution in [1.29, 1.82) is 0 Å². The predicted molar refractivity (Wildman–Crippen MR) is 391 cm³/mol. The van der Waals surface area contributed by atoms with Crippen LogP contribution in [-0.4, -0.2) is 96.7 Å². The third-order valence-corrected chi connectivity index (χ3v) is 19.9. The van der Waals surface area contributed by atoms with Crippen molar-refractivity contribution in [3.8, 4) is 0 Å². The van der Waals surface area contributed by atoms with E-state index < -0.39 is 97.5 Å². The first-order valence-electron chi connectivity index (χ1n) is 40.1. The second kappa shape index (κ2) is 70.1. The molecule has 0 aromatic heterocycles. The Morgan fingerprint density at radius 2 is 0.479 bits per heavy atom. The number of hydrogen-bond acceptors (Lipinski definition) is 15. The Hall–Kier alpha value is -1.94. The van der Waals surface area contributed by atoms with Crippen LogP contribution in [0.3, 0.4) is 0 Å². The van der Waals surface area contributed by atoms with Gasteiger partial charge in [-0.1, -0.05) is 356 Å². The number of phosphoric ester groups is 2.